The summed E-state index contributed by atoms with van der Waals surface area (Å²) in [6.45, 7) is 0.570. The number of benzene rings is 1. The molecule has 8 heteroatoms. The Kier molecular flexibility index (Phi) is 6.34. The fourth-order valence-electron chi connectivity index (χ4n) is 1.67. The maximum Gasteiger partial charge on any atom is 0.248 e. The summed E-state index contributed by atoms with van der Waals surface area (Å²) in [6.07, 6.45) is 0. The van der Waals surface area contributed by atoms with Crippen LogP contribution >= 0.6 is 0 Å². The first-order valence-electron chi connectivity index (χ1n) is 5.97. The van der Waals surface area contributed by atoms with E-state index in [0.717, 1.165) is 10.4 Å². The van der Waals surface area contributed by atoms with E-state index in [4.69, 9.17) is 15.2 Å². The van der Waals surface area contributed by atoms with Crippen LogP contribution in [0.2, 0.25) is 0 Å². The number of hydrogen-bond acceptors (Lipinski definition) is 5. The molecule has 0 fully saturated rings. The van der Waals surface area contributed by atoms with E-state index >= 15 is 0 Å². The van der Waals surface area contributed by atoms with Crippen LogP contribution in [0.4, 0.5) is 10.1 Å². The van der Waals surface area contributed by atoms with E-state index in [2.05, 4.69) is 0 Å². The molecule has 0 saturated heterocycles. The number of anilines is 1. The first kappa shape index (κ1) is 16.8. The zero-order valence-corrected chi connectivity index (χ0v) is 12.3. The van der Waals surface area contributed by atoms with Crippen molar-refractivity contribution in [1.82, 2.24) is 4.31 Å². The zero-order valence-electron chi connectivity index (χ0n) is 11.5. The van der Waals surface area contributed by atoms with Gasteiger partial charge in [0.1, 0.15) is 10.7 Å². The molecular weight excluding hydrogens is 287 g/mol. The first-order valence-corrected chi connectivity index (χ1v) is 7.41. The van der Waals surface area contributed by atoms with Gasteiger partial charge in [0.05, 0.1) is 18.9 Å². The standard InChI is InChI=1S/C12H19FN2O4S/c1-18-8-6-15(7-9-19-2)20(16,17)12-10(13)4-3-5-11(12)14/h3-5H,6-9,14H2,1-2H3. The van der Waals surface area contributed by atoms with E-state index < -0.39 is 20.7 Å². The first-order chi connectivity index (χ1) is 9.45. The van der Waals surface area contributed by atoms with Gasteiger partial charge < -0.3 is 15.2 Å². The van der Waals surface area contributed by atoms with Gasteiger partial charge in [0.2, 0.25) is 10.0 Å². The maximum atomic E-state index is 13.8. The van der Waals surface area contributed by atoms with Gasteiger partial charge in [0, 0.05) is 27.3 Å². The predicted octanol–water partition coefficient (Wildman–Crippen LogP) is 0.691. The highest BCUT2D eigenvalue weighted by molar-refractivity contribution is 7.89. The van der Waals surface area contributed by atoms with Crippen molar-refractivity contribution in [2.24, 2.45) is 0 Å². The monoisotopic (exact) mass is 306 g/mol. The third kappa shape index (κ3) is 3.89. The van der Waals surface area contributed by atoms with Gasteiger partial charge in [0.25, 0.3) is 0 Å². The van der Waals surface area contributed by atoms with Crippen LogP contribution in [0.3, 0.4) is 0 Å². The molecule has 2 N–H and O–H groups in total. The van der Waals surface area contributed by atoms with Crippen molar-refractivity contribution in [3.05, 3.63) is 24.0 Å². The molecule has 0 atom stereocenters. The molecule has 1 aromatic rings. The lowest BCUT2D eigenvalue weighted by molar-refractivity contribution is 0.150. The second-order valence-corrected chi connectivity index (χ2v) is 5.92. The molecule has 1 aromatic carbocycles. The van der Waals surface area contributed by atoms with E-state index in [1.54, 1.807) is 0 Å². The molecular formula is C12H19FN2O4S. The molecule has 0 aromatic heterocycles. The average Bonchev–Trinajstić information content (AvgIpc) is 2.38. The maximum absolute atomic E-state index is 13.8. The normalized spacial score (nSPS) is 12.0. The molecule has 0 aliphatic rings. The summed E-state index contributed by atoms with van der Waals surface area (Å²) >= 11 is 0. The molecule has 0 aliphatic heterocycles. The molecule has 0 saturated carbocycles. The molecule has 0 bridgehead atoms. The Morgan fingerprint density at radius 2 is 1.75 bits per heavy atom. The second kappa shape index (κ2) is 7.53. The number of methoxy groups -OCH3 is 2. The molecule has 0 unspecified atom stereocenters. The molecule has 6 nitrogen and oxygen atoms in total. The minimum atomic E-state index is -4.03. The number of hydrogen-bond donors (Lipinski definition) is 1. The largest absolute Gasteiger partial charge is 0.398 e. The smallest absolute Gasteiger partial charge is 0.248 e. The van der Waals surface area contributed by atoms with Crippen molar-refractivity contribution >= 4 is 15.7 Å². The summed E-state index contributed by atoms with van der Waals surface area (Å²) in [5.74, 6) is -0.871. The van der Waals surface area contributed by atoms with Gasteiger partial charge in [-0.1, -0.05) is 6.07 Å². The lowest BCUT2D eigenvalue weighted by Crippen LogP contribution is -2.37. The van der Waals surface area contributed by atoms with Crippen LogP contribution in [0.15, 0.2) is 23.1 Å². The summed E-state index contributed by atoms with van der Waals surface area (Å²) in [7, 11) is -1.12. The SMILES string of the molecule is COCCN(CCOC)S(=O)(=O)c1c(N)cccc1F. The Balaban J connectivity index is 3.14. The van der Waals surface area contributed by atoms with Gasteiger partial charge in [-0.05, 0) is 12.1 Å². The number of nitrogens with zero attached hydrogens (tertiary/aromatic N) is 1. The quantitative estimate of drug-likeness (QED) is 0.715. The number of halogens is 1. The van der Waals surface area contributed by atoms with Crippen LogP contribution in [-0.4, -0.2) is 53.2 Å². The van der Waals surface area contributed by atoms with Crippen molar-refractivity contribution in [2.45, 2.75) is 4.90 Å². The summed E-state index contributed by atoms with van der Waals surface area (Å²) in [5, 5.41) is 0. The molecule has 0 radical (unpaired) electrons. The Bertz CT molecular complexity index is 508. The highest BCUT2D eigenvalue weighted by Gasteiger charge is 2.29. The number of nitrogens with two attached hydrogens (primary N) is 1. The van der Waals surface area contributed by atoms with Crippen LogP contribution in [-0.2, 0) is 19.5 Å². The Labute approximate surface area is 118 Å². The third-order valence-electron chi connectivity index (χ3n) is 2.68. The van der Waals surface area contributed by atoms with Gasteiger partial charge in [-0.3, -0.25) is 0 Å². The number of sulfonamides is 1. The van der Waals surface area contributed by atoms with Crippen molar-refractivity contribution in [2.75, 3.05) is 46.3 Å². The van der Waals surface area contributed by atoms with Gasteiger partial charge >= 0.3 is 0 Å². The van der Waals surface area contributed by atoms with Gasteiger partial charge in [-0.2, -0.15) is 4.31 Å². The van der Waals surface area contributed by atoms with Crippen molar-refractivity contribution in [3.63, 3.8) is 0 Å². The molecule has 0 aliphatic carbocycles. The molecule has 1 rings (SSSR count). The van der Waals surface area contributed by atoms with Crippen molar-refractivity contribution in [1.29, 1.82) is 0 Å². The summed E-state index contributed by atoms with van der Waals surface area (Å²) in [5.41, 5.74) is 5.47. The summed E-state index contributed by atoms with van der Waals surface area (Å²) in [6, 6.07) is 3.77. The van der Waals surface area contributed by atoms with Gasteiger partial charge in [0.15, 0.2) is 0 Å². The van der Waals surface area contributed by atoms with Crippen LogP contribution in [0.5, 0.6) is 0 Å². The summed E-state index contributed by atoms with van der Waals surface area (Å²) in [4.78, 5) is -0.507. The third-order valence-corrected chi connectivity index (χ3v) is 4.68. The summed E-state index contributed by atoms with van der Waals surface area (Å²) < 4.78 is 49.6. The van der Waals surface area contributed by atoms with Gasteiger partial charge in [-0.25, -0.2) is 12.8 Å². The number of nitrogen functional groups attached to an aromatic ring is 1. The van der Waals surface area contributed by atoms with Crippen molar-refractivity contribution < 1.29 is 22.3 Å². The highest BCUT2D eigenvalue weighted by atomic mass is 32.2. The van der Waals surface area contributed by atoms with Crippen LogP contribution in [0.1, 0.15) is 0 Å². The van der Waals surface area contributed by atoms with Crippen LogP contribution < -0.4 is 5.73 Å². The minimum Gasteiger partial charge on any atom is -0.398 e. The fraction of sp³-hybridized carbons (Fsp3) is 0.500. The van der Waals surface area contributed by atoms with Crippen LogP contribution in [0.25, 0.3) is 0 Å². The lowest BCUT2D eigenvalue weighted by atomic mass is 10.3. The van der Waals surface area contributed by atoms with E-state index in [0.29, 0.717) is 0 Å². The molecule has 0 spiro atoms. The zero-order chi connectivity index (χ0) is 15.2. The second-order valence-electron chi connectivity index (χ2n) is 4.05. The van der Waals surface area contributed by atoms with E-state index in [9.17, 15) is 12.8 Å². The molecule has 114 valence electrons. The molecule has 0 amide bonds. The topological polar surface area (TPSA) is 81.9 Å². The molecule has 20 heavy (non-hydrogen) atoms. The fourth-order valence-corrected chi connectivity index (χ4v) is 3.23. The lowest BCUT2D eigenvalue weighted by Gasteiger charge is -2.22. The van der Waals surface area contributed by atoms with Crippen LogP contribution in [0, 0.1) is 5.82 Å². The van der Waals surface area contributed by atoms with E-state index in [-0.39, 0.29) is 32.0 Å². The Morgan fingerprint density at radius 3 is 2.20 bits per heavy atom. The Morgan fingerprint density at radius 1 is 1.20 bits per heavy atom. The minimum absolute atomic E-state index is 0.0932. The predicted molar refractivity (Wildman–Crippen MR) is 73.3 cm³/mol. The Hall–Kier alpha value is -1.22. The van der Waals surface area contributed by atoms with E-state index in [1.807, 2.05) is 0 Å². The average molecular weight is 306 g/mol. The van der Waals surface area contributed by atoms with Crippen molar-refractivity contribution in [3.8, 4) is 0 Å². The number of rotatable bonds is 8. The molecule has 0 heterocycles. The number of ether oxygens (including phenoxy) is 2. The van der Waals surface area contributed by atoms with Gasteiger partial charge in [-0.15, -0.1) is 0 Å². The highest BCUT2D eigenvalue weighted by Crippen LogP contribution is 2.25. The van der Waals surface area contributed by atoms with E-state index in [1.165, 1.54) is 26.4 Å².